The third-order valence-electron chi connectivity index (χ3n) is 16.6. The lowest BCUT2D eigenvalue weighted by molar-refractivity contribution is -0.313. The van der Waals surface area contributed by atoms with Crippen molar-refractivity contribution in [1.29, 1.82) is 0 Å². The maximum absolute atomic E-state index is 12.6. The Morgan fingerprint density at radius 2 is 1.45 bits per heavy atom. The van der Waals surface area contributed by atoms with E-state index in [9.17, 15) is 20.1 Å². The van der Waals surface area contributed by atoms with E-state index in [1.165, 1.54) is 37.7 Å². The number of unbranched alkanes of at least 4 members (excludes halogenated alkanes) is 3. The average Bonchev–Trinajstić information content (AvgIpc) is 3.64. The molecule has 360 valence electrons. The Morgan fingerprint density at radius 3 is 2.11 bits per heavy atom. The molecule has 3 N–H and O–H groups in total. The van der Waals surface area contributed by atoms with Gasteiger partial charge in [-0.25, -0.2) is 0 Å². The Bertz CT molecular complexity index is 1620. The fourth-order valence-corrected chi connectivity index (χ4v) is 12.6. The molecule has 0 aromatic carbocycles. The van der Waals surface area contributed by atoms with Gasteiger partial charge >= 0.3 is 5.97 Å². The lowest BCUT2D eigenvalue weighted by Gasteiger charge is -2.58. The number of rotatable bonds is 24. The molecule has 7 nitrogen and oxygen atoms in total. The molecule has 0 amide bonds. The molecule has 0 bridgehead atoms. The van der Waals surface area contributed by atoms with Gasteiger partial charge in [-0.3, -0.25) is 4.79 Å². The molecular weight excluding hydrogens is 797 g/mol. The number of aliphatic hydroxyl groups excluding tert-OH is 3. The van der Waals surface area contributed by atoms with Crippen molar-refractivity contribution in [2.45, 2.75) is 207 Å². The number of hydrogen-bond acceptors (Lipinski definition) is 7. The number of allylic oxidation sites excluding steroid dienone is 13. The zero-order valence-corrected chi connectivity index (χ0v) is 41.1. The summed E-state index contributed by atoms with van der Waals surface area (Å²) in [7, 11) is 0. The average molecular weight is 887 g/mol. The summed E-state index contributed by atoms with van der Waals surface area (Å²) >= 11 is 0. The van der Waals surface area contributed by atoms with Crippen LogP contribution in [-0.4, -0.2) is 64.7 Å². The van der Waals surface area contributed by atoms with Gasteiger partial charge in [0.25, 0.3) is 0 Å². The molecule has 7 heteroatoms. The van der Waals surface area contributed by atoms with E-state index in [4.69, 9.17) is 14.2 Å². The highest BCUT2D eigenvalue weighted by atomic mass is 16.7. The molecule has 0 aromatic heterocycles. The molecule has 5 aliphatic rings. The molecule has 1 saturated heterocycles. The van der Waals surface area contributed by atoms with Crippen LogP contribution >= 0.6 is 0 Å². The molecule has 14 unspecified atom stereocenters. The van der Waals surface area contributed by atoms with Crippen molar-refractivity contribution in [2.24, 2.45) is 52.3 Å². The van der Waals surface area contributed by atoms with Crippen LogP contribution in [0.1, 0.15) is 170 Å². The summed E-state index contributed by atoms with van der Waals surface area (Å²) in [6, 6.07) is 0. The molecule has 3 saturated carbocycles. The molecule has 0 radical (unpaired) electrons. The second-order valence-electron chi connectivity index (χ2n) is 21.1. The summed E-state index contributed by atoms with van der Waals surface area (Å²) in [6.45, 7) is 16.6. The van der Waals surface area contributed by atoms with E-state index in [1.54, 1.807) is 0 Å². The highest BCUT2D eigenvalue weighted by Crippen LogP contribution is 2.67. The highest BCUT2D eigenvalue weighted by Gasteiger charge is 2.59. The molecule has 0 aromatic rings. The van der Waals surface area contributed by atoms with Gasteiger partial charge in [0.05, 0.1) is 6.10 Å². The van der Waals surface area contributed by atoms with Gasteiger partial charge in [0.15, 0.2) is 6.29 Å². The van der Waals surface area contributed by atoms with Gasteiger partial charge in [-0.1, -0.05) is 139 Å². The van der Waals surface area contributed by atoms with Crippen molar-refractivity contribution >= 4 is 5.97 Å². The number of ether oxygens (including phenoxy) is 3. The second kappa shape index (κ2) is 26.1. The normalized spacial score (nSPS) is 35.5. The molecule has 1 aliphatic heterocycles. The zero-order chi connectivity index (χ0) is 46.1. The van der Waals surface area contributed by atoms with Crippen molar-refractivity contribution in [1.82, 2.24) is 0 Å². The topological polar surface area (TPSA) is 105 Å². The van der Waals surface area contributed by atoms with Crippen LogP contribution in [0.15, 0.2) is 84.6 Å². The third kappa shape index (κ3) is 14.0. The Labute approximate surface area is 389 Å². The standard InChI is InChI=1S/C57H90O7/c1-8-10-11-12-13-14-15-16-17-18-19-20-21-22-23-24-25-26-27-28-51(58)62-40-50-52(59)53(60)54(61)55(64-50)63-45-35-37-56(6)44(39-45)31-32-46-48-34-33-47(57(48,7)38-36-49(46)56)42(5)29-30-43(9-2)41(3)4/h10-11,13-14,16-17,19-20,22-23,29-31,41-43,45-50,52-55,59-61H,8-9,12,15,18,21,24-28,32-40H2,1-7H3/b11-10-,14-13-,17-16-,20-19-,23-22-,30-29+. The highest BCUT2D eigenvalue weighted by molar-refractivity contribution is 5.69. The Balaban J connectivity index is 1.00. The zero-order valence-electron chi connectivity index (χ0n) is 41.1. The summed E-state index contributed by atoms with van der Waals surface area (Å²) in [5.41, 5.74) is 2.02. The summed E-state index contributed by atoms with van der Waals surface area (Å²) < 4.78 is 18.0. The fourth-order valence-electron chi connectivity index (χ4n) is 12.6. The molecule has 4 fully saturated rings. The maximum Gasteiger partial charge on any atom is 0.305 e. The van der Waals surface area contributed by atoms with Crippen molar-refractivity contribution in [3.05, 3.63) is 84.6 Å². The number of carbonyl (C=O) groups is 1. The van der Waals surface area contributed by atoms with Crippen LogP contribution in [0.25, 0.3) is 0 Å². The minimum atomic E-state index is -1.46. The van der Waals surface area contributed by atoms with Crippen molar-refractivity contribution in [2.75, 3.05) is 6.61 Å². The summed E-state index contributed by atoms with van der Waals surface area (Å²) in [5, 5.41) is 32.6. The summed E-state index contributed by atoms with van der Waals surface area (Å²) in [6.07, 6.45) is 42.3. The van der Waals surface area contributed by atoms with Crippen LogP contribution in [0, 0.1) is 52.3 Å². The molecule has 1 heterocycles. The molecule has 0 spiro atoms. The third-order valence-corrected chi connectivity index (χ3v) is 16.6. The van der Waals surface area contributed by atoms with E-state index in [2.05, 4.69) is 127 Å². The van der Waals surface area contributed by atoms with Gasteiger partial charge in [-0.15, -0.1) is 0 Å². The van der Waals surface area contributed by atoms with Gasteiger partial charge in [0.1, 0.15) is 31.0 Å². The first-order chi connectivity index (χ1) is 30.8. The number of hydrogen-bond donors (Lipinski definition) is 3. The van der Waals surface area contributed by atoms with Gasteiger partial charge < -0.3 is 29.5 Å². The van der Waals surface area contributed by atoms with E-state index >= 15 is 0 Å². The Kier molecular flexibility index (Phi) is 21.4. The monoisotopic (exact) mass is 887 g/mol. The Morgan fingerprint density at radius 1 is 0.781 bits per heavy atom. The minimum Gasteiger partial charge on any atom is -0.463 e. The number of carbonyl (C=O) groups excluding carboxylic acids is 1. The van der Waals surface area contributed by atoms with Crippen LogP contribution in [0.5, 0.6) is 0 Å². The number of fused-ring (bicyclic) bond motifs is 5. The fraction of sp³-hybridized carbons (Fsp3) is 0.737. The lowest BCUT2D eigenvalue weighted by Crippen LogP contribution is -2.60. The predicted molar refractivity (Wildman–Crippen MR) is 262 cm³/mol. The Hall–Kier alpha value is -2.55. The van der Waals surface area contributed by atoms with Gasteiger partial charge in [0.2, 0.25) is 0 Å². The van der Waals surface area contributed by atoms with Crippen LogP contribution in [0.2, 0.25) is 0 Å². The largest absolute Gasteiger partial charge is 0.463 e. The van der Waals surface area contributed by atoms with Gasteiger partial charge in [0, 0.05) is 6.42 Å². The molecule has 64 heavy (non-hydrogen) atoms. The quantitative estimate of drug-likeness (QED) is 0.0504. The molecule has 4 aliphatic carbocycles. The van der Waals surface area contributed by atoms with Crippen molar-refractivity contribution in [3.63, 3.8) is 0 Å². The van der Waals surface area contributed by atoms with E-state index < -0.39 is 30.7 Å². The lowest BCUT2D eigenvalue weighted by atomic mass is 9.47. The molecule has 14 atom stereocenters. The second-order valence-corrected chi connectivity index (χ2v) is 21.1. The smallest absolute Gasteiger partial charge is 0.305 e. The minimum absolute atomic E-state index is 0.146. The van der Waals surface area contributed by atoms with Gasteiger partial charge in [-0.05, 0) is 161 Å². The van der Waals surface area contributed by atoms with Crippen molar-refractivity contribution < 1.29 is 34.3 Å². The first kappa shape index (κ1) is 52.4. The summed E-state index contributed by atoms with van der Waals surface area (Å²) in [4.78, 5) is 12.6. The van der Waals surface area contributed by atoms with Crippen LogP contribution in [0.4, 0.5) is 0 Å². The SMILES string of the molecule is CC/C=C\C/C=C\C/C=C\C/C=C\C/C=C\CCCCCC(=O)OCC1OC(OC2CCC3(C)C(=CCC4C3CCC3(C)C(C(C)/C=C/C(CC)C(C)C)CCC43)C2)C(O)C(O)C1O. The van der Waals surface area contributed by atoms with E-state index in [1.807, 2.05) is 0 Å². The number of aliphatic hydroxyl groups is 3. The number of esters is 1. The van der Waals surface area contributed by atoms with Crippen LogP contribution < -0.4 is 0 Å². The van der Waals surface area contributed by atoms with Crippen molar-refractivity contribution in [3.8, 4) is 0 Å². The van der Waals surface area contributed by atoms with E-state index in [0.29, 0.717) is 29.1 Å². The first-order valence-corrected chi connectivity index (χ1v) is 26.0. The maximum atomic E-state index is 12.6. The van der Waals surface area contributed by atoms with Crippen LogP contribution in [0.3, 0.4) is 0 Å². The predicted octanol–water partition coefficient (Wildman–Crippen LogP) is 12.9. The first-order valence-electron chi connectivity index (χ1n) is 26.0. The van der Waals surface area contributed by atoms with E-state index in [-0.39, 0.29) is 30.5 Å². The van der Waals surface area contributed by atoms with Crippen LogP contribution in [-0.2, 0) is 19.0 Å². The van der Waals surface area contributed by atoms with E-state index in [0.717, 1.165) is 101 Å². The van der Waals surface area contributed by atoms with Gasteiger partial charge in [-0.2, -0.15) is 0 Å². The molecule has 5 rings (SSSR count). The summed E-state index contributed by atoms with van der Waals surface area (Å²) in [5.74, 6) is 4.54. The molecular formula is C57H90O7.